The van der Waals surface area contributed by atoms with Crippen molar-refractivity contribution in [1.29, 1.82) is 0 Å². The van der Waals surface area contributed by atoms with Gasteiger partial charge in [-0.3, -0.25) is 0 Å². The second-order valence-electron chi connectivity index (χ2n) is 5.32. The zero-order valence-electron chi connectivity index (χ0n) is 13.9. The van der Waals surface area contributed by atoms with Crippen LogP contribution in [0.25, 0.3) is 10.4 Å². The molecule has 10 heteroatoms. The number of rotatable bonds is 10. The first-order valence-electron chi connectivity index (χ1n) is 7.76. The van der Waals surface area contributed by atoms with Gasteiger partial charge in [-0.15, -0.1) is 0 Å². The van der Waals surface area contributed by atoms with Gasteiger partial charge in [-0.2, -0.15) is 0 Å². The lowest BCUT2D eigenvalue weighted by Gasteiger charge is -2.18. The van der Waals surface area contributed by atoms with Crippen LogP contribution < -0.4 is 5.32 Å². The Morgan fingerprint density at radius 2 is 2.00 bits per heavy atom. The van der Waals surface area contributed by atoms with Gasteiger partial charge in [-0.25, -0.2) is 17.6 Å². The predicted octanol–water partition coefficient (Wildman–Crippen LogP) is 3.19. The minimum Gasteiger partial charge on any atom is -0.445 e. The third kappa shape index (κ3) is 7.86. The first-order chi connectivity index (χ1) is 11.9. The number of unbranched alkanes of at least 4 members (excludes halogenated alkanes) is 2. The summed E-state index contributed by atoms with van der Waals surface area (Å²) < 4.78 is 42.9. The van der Waals surface area contributed by atoms with Crippen LogP contribution in [-0.2, 0) is 14.6 Å². The van der Waals surface area contributed by atoms with Crippen LogP contribution in [-0.4, -0.2) is 40.0 Å². The van der Waals surface area contributed by atoms with Crippen molar-refractivity contribution in [1.82, 2.24) is 5.32 Å². The van der Waals surface area contributed by atoms with E-state index < -0.39 is 27.9 Å². The molecule has 0 aliphatic rings. The third-order valence-corrected chi connectivity index (χ3v) is 5.20. The second-order valence-corrected chi connectivity index (χ2v) is 7.35. The molecule has 0 aliphatic heterocycles. The fourth-order valence-corrected chi connectivity index (χ4v) is 3.61. The molecule has 1 rings (SSSR count). The lowest BCUT2D eigenvalue weighted by atomic mass is 10.1. The molecule has 1 N–H and O–H groups in total. The first kappa shape index (κ1) is 20.7. The van der Waals surface area contributed by atoms with Crippen LogP contribution in [0.3, 0.4) is 0 Å². The fraction of sp³-hybridized carbons (Fsp3) is 0.533. The Bertz CT molecular complexity index is 703. The largest absolute Gasteiger partial charge is 0.445 e. The van der Waals surface area contributed by atoms with E-state index in [2.05, 4.69) is 15.3 Å². The fourth-order valence-electron chi connectivity index (χ4n) is 2.15. The Labute approximate surface area is 145 Å². The molecule has 8 nitrogen and oxygen atoms in total. The Kier molecular flexibility index (Phi) is 8.73. The van der Waals surface area contributed by atoms with Crippen molar-refractivity contribution in [3.63, 3.8) is 0 Å². The zero-order valence-corrected chi connectivity index (χ0v) is 14.7. The smallest absolute Gasteiger partial charge is 0.407 e. The number of halogens is 1. The molecule has 1 atom stereocenters. The molecule has 25 heavy (non-hydrogen) atoms. The van der Waals surface area contributed by atoms with Gasteiger partial charge in [0.15, 0.2) is 9.84 Å². The van der Waals surface area contributed by atoms with Gasteiger partial charge in [0, 0.05) is 18.5 Å². The van der Waals surface area contributed by atoms with Gasteiger partial charge in [0.1, 0.15) is 11.9 Å². The highest BCUT2D eigenvalue weighted by molar-refractivity contribution is 7.91. The van der Waals surface area contributed by atoms with Gasteiger partial charge in [0.2, 0.25) is 0 Å². The van der Waals surface area contributed by atoms with Crippen molar-refractivity contribution in [2.75, 3.05) is 19.3 Å². The van der Waals surface area contributed by atoms with Crippen molar-refractivity contribution in [3.05, 3.63) is 40.5 Å². The Morgan fingerprint density at radius 1 is 1.32 bits per heavy atom. The van der Waals surface area contributed by atoms with Crippen LogP contribution in [0.4, 0.5) is 9.18 Å². The van der Waals surface area contributed by atoms with E-state index in [0.29, 0.717) is 32.2 Å². The van der Waals surface area contributed by atoms with Crippen LogP contribution in [0.5, 0.6) is 0 Å². The van der Waals surface area contributed by atoms with E-state index in [1.54, 1.807) is 0 Å². The molecule has 0 saturated carbocycles. The van der Waals surface area contributed by atoms with E-state index in [1.807, 2.05) is 0 Å². The lowest BCUT2D eigenvalue weighted by molar-refractivity contribution is 0.104. The lowest BCUT2D eigenvalue weighted by Crippen LogP contribution is -2.31. The standard InChI is InChI=1S/C15H21FN4O4S/c1-18-15(21)24-13(5-3-2-4-10-19-20-17)11-25(22,23)14-8-6-12(16)7-9-14/h6-9,13H,2-5,10-11H2,1H3,(H,18,21). The molecule has 0 radical (unpaired) electrons. The highest BCUT2D eigenvalue weighted by Gasteiger charge is 2.24. The Hall–Kier alpha value is -2.32. The zero-order chi connectivity index (χ0) is 18.7. The molecule has 0 bridgehead atoms. The number of sulfone groups is 1. The third-order valence-electron chi connectivity index (χ3n) is 3.40. The summed E-state index contributed by atoms with van der Waals surface area (Å²) in [6.07, 6.45) is 0.805. The average molecular weight is 372 g/mol. The highest BCUT2D eigenvalue weighted by atomic mass is 32.2. The number of carbonyl (C=O) groups excluding carboxylic acids is 1. The number of alkyl carbamates (subject to hydrolysis) is 1. The number of benzene rings is 1. The summed E-state index contributed by atoms with van der Waals surface area (Å²) in [7, 11) is -2.34. The van der Waals surface area contributed by atoms with Gasteiger partial charge in [-0.1, -0.05) is 11.5 Å². The normalized spacial score (nSPS) is 12.1. The monoisotopic (exact) mass is 372 g/mol. The summed E-state index contributed by atoms with van der Waals surface area (Å²) in [5.41, 5.74) is 8.19. The van der Waals surface area contributed by atoms with Crippen molar-refractivity contribution >= 4 is 15.9 Å². The number of amides is 1. The van der Waals surface area contributed by atoms with Gasteiger partial charge in [0.05, 0.1) is 10.6 Å². The minimum atomic E-state index is -3.72. The van der Waals surface area contributed by atoms with Crippen molar-refractivity contribution < 1.29 is 22.3 Å². The maximum atomic E-state index is 12.9. The molecule has 0 spiro atoms. The second kappa shape index (κ2) is 10.5. The number of carbonyl (C=O) groups is 1. The minimum absolute atomic E-state index is 0.0252. The molecule has 0 saturated heterocycles. The number of nitrogens with one attached hydrogen (secondary N) is 1. The van der Waals surface area contributed by atoms with Gasteiger partial charge in [0.25, 0.3) is 0 Å². The molecular weight excluding hydrogens is 351 g/mol. The maximum Gasteiger partial charge on any atom is 0.407 e. The van der Waals surface area contributed by atoms with Gasteiger partial charge < -0.3 is 10.1 Å². The van der Waals surface area contributed by atoms with Crippen LogP contribution >= 0.6 is 0 Å². The summed E-state index contributed by atoms with van der Waals surface area (Å²) in [5.74, 6) is -0.917. The topological polar surface area (TPSA) is 121 Å². The first-order valence-corrected chi connectivity index (χ1v) is 9.42. The van der Waals surface area contributed by atoms with E-state index in [-0.39, 0.29) is 10.6 Å². The van der Waals surface area contributed by atoms with Gasteiger partial charge >= 0.3 is 6.09 Å². The molecule has 1 aromatic carbocycles. The Balaban J connectivity index is 2.69. The van der Waals surface area contributed by atoms with E-state index >= 15 is 0 Å². The van der Waals surface area contributed by atoms with E-state index in [9.17, 15) is 17.6 Å². The molecule has 1 aromatic rings. The number of hydrogen-bond donors (Lipinski definition) is 1. The summed E-state index contributed by atoms with van der Waals surface area (Å²) in [4.78, 5) is 14.1. The Morgan fingerprint density at radius 3 is 2.60 bits per heavy atom. The quantitative estimate of drug-likeness (QED) is 0.223. The van der Waals surface area contributed by atoms with Crippen molar-refractivity contribution in [2.45, 2.75) is 36.7 Å². The van der Waals surface area contributed by atoms with E-state index in [1.165, 1.54) is 19.2 Å². The number of ether oxygens (including phenoxy) is 1. The SMILES string of the molecule is CNC(=O)OC(CCCCCN=[N+]=[N-])CS(=O)(=O)c1ccc(F)cc1. The van der Waals surface area contributed by atoms with Crippen LogP contribution in [0.15, 0.2) is 34.3 Å². The molecule has 0 heterocycles. The van der Waals surface area contributed by atoms with E-state index in [4.69, 9.17) is 10.3 Å². The predicted molar refractivity (Wildman–Crippen MR) is 90.3 cm³/mol. The van der Waals surface area contributed by atoms with Crippen LogP contribution in [0, 0.1) is 5.82 Å². The maximum absolute atomic E-state index is 12.9. The number of azide groups is 1. The molecular formula is C15H21FN4O4S. The molecule has 138 valence electrons. The van der Waals surface area contributed by atoms with Gasteiger partial charge in [-0.05, 0) is 49.1 Å². The summed E-state index contributed by atoms with van der Waals surface area (Å²) in [6, 6.07) is 4.50. The molecule has 1 unspecified atom stereocenters. The highest BCUT2D eigenvalue weighted by Crippen LogP contribution is 2.17. The summed E-state index contributed by atoms with van der Waals surface area (Å²) in [5, 5.41) is 5.70. The summed E-state index contributed by atoms with van der Waals surface area (Å²) in [6.45, 7) is 0.366. The van der Waals surface area contributed by atoms with Crippen LogP contribution in [0.1, 0.15) is 25.7 Å². The van der Waals surface area contributed by atoms with Crippen molar-refractivity contribution in [2.24, 2.45) is 5.11 Å². The average Bonchev–Trinajstić information content (AvgIpc) is 2.57. The number of nitrogens with zero attached hydrogens (tertiary/aromatic N) is 3. The number of hydrogen-bond acceptors (Lipinski definition) is 5. The molecule has 0 aromatic heterocycles. The van der Waals surface area contributed by atoms with Crippen molar-refractivity contribution in [3.8, 4) is 0 Å². The molecule has 0 aliphatic carbocycles. The summed E-state index contributed by atoms with van der Waals surface area (Å²) >= 11 is 0. The molecule has 0 fully saturated rings. The van der Waals surface area contributed by atoms with E-state index in [0.717, 1.165) is 12.1 Å². The van der Waals surface area contributed by atoms with Crippen LogP contribution in [0.2, 0.25) is 0 Å². The molecule has 1 amide bonds.